The molecule has 0 aliphatic carbocycles. The number of aryl methyl sites for hydroxylation is 1. The van der Waals surface area contributed by atoms with Gasteiger partial charge in [-0.1, -0.05) is 18.5 Å². The minimum absolute atomic E-state index is 0.133. The van der Waals surface area contributed by atoms with E-state index in [-0.39, 0.29) is 5.56 Å². The summed E-state index contributed by atoms with van der Waals surface area (Å²) in [4.78, 5) is 22.0. The molecule has 1 N–H and O–H groups in total. The van der Waals surface area contributed by atoms with Crippen LogP contribution in [0.15, 0.2) is 40.0 Å². The van der Waals surface area contributed by atoms with Gasteiger partial charge in [0.1, 0.15) is 5.82 Å². The Kier molecular flexibility index (Phi) is 4.49. The maximum absolute atomic E-state index is 12.1. The lowest BCUT2D eigenvalue weighted by molar-refractivity contribution is 0.804. The maximum Gasteiger partial charge on any atom is 0.274 e. The van der Waals surface area contributed by atoms with Crippen molar-refractivity contribution in [2.75, 3.05) is 0 Å². The van der Waals surface area contributed by atoms with E-state index < -0.39 is 0 Å². The fourth-order valence-corrected chi connectivity index (χ4v) is 3.00. The molecule has 0 fully saturated rings. The van der Waals surface area contributed by atoms with Gasteiger partial charge in [-0.25, -0.2) is 4.98 Å². The predicted octanol–water partition coefficient (Wildman–Crippen LogP) is 3.32. The zero-order valence-electron chi connectivity index (χ0n) is 12.0. The molecule has 3 rings (SSSR count). The molecule has 0 saturated carbocycles. The van der Waals surface area contributed by atoms with E-state index in [4.69, 9.17) is 11.6 Å². The summed E-state index contributed by atoms with van der Waals surface area (Å²) in [6, 6.07) is 9.14. The zero-order chi connectivity index (χ0) is 15.5. The third-order valence-corrected chi connectivity index (χ3v) is 4.41. The Morgan fingerprint density at radius 1 is 1.27 bits per heavy atom. The lowest BCUT2D eigenvalue weighted by Crippen LogP contribution is -2.15. The second kappa shape index (κ2) is 6.54. The largest absolute Gasteiger partial charge is 0.275 e. The first-order chi connectivity index (χ1) is 10.7. The molecule has 0 spiro atoms. The van der Waals surface area contributed by atoms with Gasteiger partial charge in [0, 0.05) is 28.2 Å². The number of fused-ring (bicyclic) bond motifs is 1. The molecule has 2 aromatic heterocycles. The van der Waals surface area contributed by atoms with Crippen LogP contribution in [0.5, 0.6) is 0 Å². The van der Waals surface area contributed by atoms with Crippen LogP contribution in [0.2, 0.25) is 5.02 Å². The summed E-state index contributed by atoms with van der Waals surface area (Å²) in [5, 5.41) is 3.69. The lowest BCUT2D eigenvalue weighted by atomic mass is 10.3. The summed E-state index contributed by atoms with van der Waals surface area (Å²) < 4.78 is 1.39. The Morgan fingerprint density at radius 2 is 2.05 bits per heavy atom. The number of halogens is 1. The number of benzene rings is 1. The van der Waals surface area contributed by atoms with Crippen molar-refractivity contribution in [1.82, 2.24) is 19.6 Å². The monoisotopic (exact) mass is 334 g/mol. The minimum Gasteiger partial charge on any atom is -0.275 e. The number of aromatic nitrogens is 4. The number of nitrogens with one attached hydrogen (secondary N) is 1. The molecule has 0 aliphatic rings. The fourth-order valence-electron chi connectivity index (χ4n) is 2.08. The van der Waals surface area contributed by atoms with Crippen LogP contribution in [0.4, 0.5) is 0 Å². The van der Waals surface area contributed by atoms with Gasteiger partial charge in [-0.15, -0.1) is 11.8 Å². The summed E-state index contributed by atoms with van der Waals surface area (Å²) in [7, 11) is 0. The van der Waals surface area contributed by atoms with E-state index >= 15 is 0 Å². The van der Waals surface area contributed by atoms with E-state index in [1.807, 2.05) is 24.3 Å². The average Bonchev–Trinajstić information content (AvgIpc) is 2.90. The number of rotatable bonds is 5. The number of H-pyrrole nitrogens is 1. The highest BCUT2D eigenvalue weighted by atomic mass is 35.5. The van der Waals surface area contributed by atoms with Crippen molar-refractivity contribution in [3.8, 4) is 0 Å². The molecule has 7 heteroatoms. The Hall–Kier alpha value is -1.79. The van der Waals surface area contributed by atoms with E-state index in [0.717, 1.165) is 29.3 Å². The Balaban J connectivity index is 1.81. The second-order valence-corrected chi connectivity index (χ2v) is 6.37. The molecule has 0 radical (unpaired) electrons. The van der Waals surface area contributed by atoms with E-state index in [2.05, 4.69) is 22.0 Å². The number of thioether (sulfide) groups is 1. The van der Waals surface area contributed by atoms with E-state index in [1.54, 1.807) is 17.8 Å². The number of aromatic amines is 1. The van der Waals surface area contributed by atoms with Gasteiger partial charge in [0.2, 0.25) is 0 Å². The van der Waals surface area contributed by atoms with Gasteiger partial charge in [0.15, 0.2) is 0 Å². The highest BCUT2D eigenvalue weighted by Crippen LogP contribution is 2.23. The third-order valence-electron chi connectivity index (χ3n) is 3.12. The second-order valence-electron chi connectivity index (χ2n) is 4.88. The quantitative estimate of drug-likeness (QED) is 0.727. The Labute approximate surface area is 136 Å². The van der Waals surface area contributed by atoms with E-state index in [1.165, 1.54) is 4.52 Å². The molecule has 114 valence electrons. The average molecular weight is 335 g/mol. The summed E-state index contributed by atoms with van der Waals surface area (Å²) in [6.07, 6.45) is 1.77. The van der Waals surface area contributed by atoms with Crippen molar-refractivity contribution in [3.63, 3.8) is 0 Å². The maximum atomic E-state index is 12.1. The van der Waals surface area contributed by atoms with Gasteiger partial charge < -0.3 is 0 Å². The molecule has 1 aromatic carbocycles. The molecular formula is C15H15ClN4OS. The third kappa shape index (κ3) is 3.34. The summed E-state index contributed by atoms with van der Waals surface area (Å²) in [5.41, 5.74) is 0.589. The molecule has 3 aromatic rings. The van der Waals surface area contributed by atoms with Crippen LogP contribution >= 0.6 is 23.4 Å². The van der Waals surface area contributed by atoms with Gasteiger partial charge in [-0.05, 0) is 30.7 Å². The number of nitrogens with zero attached hydrogens (tertiary/aromatic N) is 3. The van der Waals surface area contributed by atoms with Crippen molar-refractivity contribution in [3.05, 3.63) is 57.2 Å². The smallest absolute Gasteiger partial charge is 0.274 e. The molecule has 0 amide bonds. The SMILES string of the molecule is CCCc1nc2nc(CSc3ccc(Cl)cc3)cc(=O)n2[nH]1. The van der Waals surface area contributed by atoms with Crippen molar-refractivity contribution in [1.29, 1.82) is 0 Å². The number of hydrogen-bond acceptors (Lipinski definition) is 4. The standard InChI is InChI=1S/C15H15ClN4OS/c1-2-3-13-18-15-17-11(8-14(21)20(15)19-13)9-22-12-6-4-10(16)5-7-12/h4-8H,2-3,9H2,1H3,(H,17,18,19). The lowest BCUT2D eigenvalue weighted by Gasteiger charge is -2.01. The van der Waals surface area contributed by atoms with Gasteiger partial charge in [0.05, 0.1) is 5.69 Å². The highest BCUT2D eigenvalue weighted by Gasteiger charge is 2.08. The number of hydrogen-bond donors (Lipinski definition) is 1. The van der Waals surface area contributed by atoms with Crippen LogP contribution in [-0.2, 0) is 12.2 Å². The van der Waals surface area contributed by atoms with Crippen molar-refractivity contribution < 1.29 is 0 Å². The van der Waals surface area contributed by atoms with Gasteiger partial charge in [-0.3, -0.25) is 9.89 Å². The molecule has 0 atom stereocenters. The molecular weight excluding hydrogens is 320 g/mol. The fraction of sp³-hybridized carbons (Fsp3) is 0.267. The van der Waals surface area contributed by atoms with E-state index in [9.17, 15) is 4.79 Å². The van der Waals surface area contributed by atoms with Crippen LogP contribution in [-0.4, -0.2) is 19.6 Å². The van der Waals surface area contributed by atoms with Crippen LogP contribution in [0.25, 0.3) is 5.78 Å². The van der Waals surface area contributed by atoms with Crippen LogP contribution in [0, 0.1) is 0 Å². The Morgan fingerprint density at radius 3 is 2.77 bits per heavy atom. The minimum atomic E-state index is -0.133. The zero-order valence-corrected chi connectivity index (χ0v) is 13.6. The van der Waals surface area contributed by atoms with Crippen LogP contribution in [0.3, 0.4) is 0 Å². The molecule has 5 nitrogen and oxygen atoms in total. The first-order valence-electron chi connectivity index (χ1n) is 7.01. The molecule has 0 aliphatic heterocycles. The van der Waals surface area contributed by atoms with Crippen molar-refractivity contribution in [2.45, 2.75) is 30.4 Å². The molecule has 22 heavy (non-hydrogen) atoms. The first-order valence-corrected chi connectivity index (χ1v) is 8.38. The van der Waals surface area contributed by atoms with Gasteiger partial charge in [0.25, 0.3) is 11.3 Å². The summed E-state index contributed by atoms with van der Waals surface area (Å²) in [6.45, 7) is 2.07. The van der Waals surface area contributed by atoms with Crippen LogP contribution < -0.4 is 5.56 Å². The molecule has 0 saturated heterocycles. The normalized spacial score (nSPS) is 11.2. The van der Waals surface area contributed by atoms with Crippen LogP contribution in [0.1, 0.15) is 24.9 Å². The summed E-state index contributed by atoms with van der Waals surface area (Å²) in [5.74, 6) is 1.83. The summed E-state index contributed by atoms with van der Waals surface area (Å²) >= 11 is 7.47. The van der Waals surface area contributed by atoms with Crippen molar-refractivity contribution >= 4 is 29.1 Å². The molecule has 2 heterocycles. The van der Waals surface area contributed by atoms with Gasteiger partial charge >= 0.3 is 0 Å². The van der Waals surface area contributed by atoms with Gasteiger partial charge in [-0.2, -0.15) is 9.50 Å². The van der Waals surface area contributed by atoms with Crippen molar-refractivity contribution in [2.24, 2.45) is 0 Å². The van der Waals surface area contributed by atoms with E-state index in [0.29, 0.717) is 16.6 Å². The predicted molar refractivity (Wildman–Crippen MR) is 88.6 cm³/mol. The first kappa shape index (κ1) is 15.1. The molecule has 0 bridgehead atoms. The highest BCUT2D eigenvalue weighted by molar-refractivity contribution is 7.98. The topological polar surface area (TPSA) is 63.1 Å². The Bertz CT molecular complexity index is 841. The molecule has 0 unspecified atom stereocenters.